The molecular weight excluding hydrogens is 350 g/mol. The molecule has 4 nitrogen and oxygen atoms in total. The summed E-state index contributed by atoms with van der Waals surface area (Å²) >= 11 is 0. The van der Waals surface area contributed by atoms with Crippen molar-refractivity contribution >= 4 is 6.09 Å². The predicted molar refractivity (Wildman–Crippen MR) is 110 cm³/mol. The summed E-state index contributed by atoms with van der Waals surface area (Å²) in [5.41, 5.74) is 5.53. The molecule has 3 aromatic rings. The molecule has 0 spiro atoms. The van der Waals surface area contributed by atoms with Gasteiger partial charge in [-0.2, -0.15) is 0 Å². The first-order chi connectivity index (χ1) is 13.6. The van der Waals surface area contributed by atoms with Crippen LogP contribution in [0.1, 0.15) is 16.7 Å². The number of ether oxygens (including phenoxy) is 1. The number of hydrogen-bond donors (Lipinski definition) is 1. The van der Waals surface area contributed by atoms with Gasteiger partial charge in [-0.15, -0.1) is 0 Å². The van der Waals surface area contributed by atoms with Crippen molar-refractivity contribution in [2.75, 3.05) is 6.54 Å². The van der Waals surface area contributed by atoms with Crippen LogP contribution >= 0.6 is 0 Å². The Labute approximate surface area is 165 Å². The molecule has 28 heavy (non-hydrogen) atoms. The fourth-order valence-electron chi connectivity index (χ4n) is 3.79. The van der Waals surface area contributed by atoms with Gasteiger partial charge >= 0.3 is 6.09 Å². The van der Waals surface area contributed by atoms with Gasteiger partial charge in [-0.3, -0.25) is 0 Å². The number of fused-ring (bicyclic) bond motifs is 1. The summed E-state index contributed by atoms with van der Waals surface area (Å²) in [5, 5.41) is 9.65. The van der Waals surface area contributed by atoms with Crippen LogP contribution in [-0.2, 0) is 13.0 Å². The highest BCUT2D eigenvalue weighted by Crippen LogP contribution is 2.40. The lowest BCUT2D eigenvalue weighted by atomic mass is 9.97. The molecule has 4 heteroatoms. The molecule has 0 aromatic heterocycles. The standard InChI is InChI=1S/C24H23NO3/c1-17-8-5-6-12-21(17)22-13-7-11-19-14-20(28-23(19)22)16-25(24(26)27)15-18-9-3-2-4-10-18/h2-13,20H,14-16H2,1H3,(H,26,27). The monoisotopic (exact) mass is 373 g/mol. The molecule has 142 valence electrons. The number of carboxylic acid groups (broad SMARTS) is 1. The van der Waals surface area contributed by atoms with E-state index in [9.17, 15) is 9.90 Å². The molecule has 0 saturated heterocycles. The molecule has 0 fully saturated rings. The molecule has 1 aliphatic rings. The topological polar surface area (TPSA) is 49.8 Å². The first-order valence-corrected chi connectivity index (χ1v) is 9.48. The van der Waals surface area contributed by atoms with Gasteiger partial charge in [0.2, 0.25) is 0 Å². The minimum atomic E-state index is -0.928. The third-order valence-electron chi connectivity index (χ3n) is 5.17. The Morgan fingerprint density at radius 3 is 2.46 bits per heavy atom. The van der Waals surface area contributed by atoms with E-state index in [1.807, 2.05) is 48.5 Å². The summed E-state index contributed by atoms with van der Waals surface area (Å²) in [6.45, 7) is 2.79. The van der Waals surface area contributed by atoms with Crippen molar-refractivity contribution in [3.8, 4) is 16.9 Å². The molecule has 3 aromatic carbocycles. The molecule has 1 heterocycles. The quantitative estimate of drug-likeness (QED) is 0.673. The van der Waals surface area contributed by atoms with E-state index in [-0.39, 0.29) is 6.10 Å². The van der Waals surface area contributed by atoms with Crippen molar-refractivity contribution < 1.29 is 14.6 Å². The lowest BCUT2D eigenvalue weighted by Gasteiger charge is -2.23. The summed E-state index contributed by atoms with van der Waals surface area (Å²) in [4.78, 5) is 13.2. The van der Waals surface area contributed by atoms with Crippen molar-refractivity contribution in [3.63, 3.8) is 0 Å². The van der Waals surface area contributed by atoms with E-state index < -0.39 is 6.09 Å². The molecule has 4 rings (SSSR count). The maximum absolute atomic E-state index is 11.8. The predicted octanol–water partition coefficient (Wildman–Crippen LogP) is 5.15. The molecule has 0 saturated carbocycles. The highest BCUT2D eigenvalue weighted by molar-refractivity contribution is 5.75. The largest absolute Gasteiger partial charge is 0.487 e. The van der Waals surface area contributed by atoms with Gasteiger partial charge in [-0.1, -0.05) is 72.8 Å². The van der Waals surface area contributed by atoms with Crippen LogP contribution in [0.15, 0.2) is 72.8 Å². The molecule has 0 radical (unpaired) electrons. The summed E-state index contributed by atoms with van der Waals surface area (Å²) in [7, 11) is 0. The second-order valence-corrected chi connectivity index (χ2v) is 7.20. The number of para-hydroxylation sites is 1. The molecule has 1 aliphatic heterocycles. The molecule has 1 atom stereocenters. The van der Waals surface area contributed by atoms with Gasteiger partial charge in [-0.25, -0.2) is 4.79 Å². The molecule has 0 bridgehead atoms. The summed E-state index contributed by atoms with van der Waals surface area (Å²) in [6.07, 6.45) is -0.393. The van der Waals surface area contributed by atoms with Crippen LogP contribution in [-0.4, -0.2) is 28.7 Å². The zero-order chi connectivity index (χ0) is 19.5. The van der Waals surface area contributed by atoms with E-state index in [1.54, 1.807) is 0 Å². The van der Waals surface area contributed by atoms with Gasteiger partial charge in [0.25, 0.3) is 0 Å². The zero-order valence-corrected chi connectivity index (χ0v) is 15.8. The number of nitrogens with zero attached hydrogens (tertiary/aromatic N) is 1. The van der Waals surface area contributed by atoms with Crippen LogP contribution in [0.5, 0.6) is 5.75 Å². The highest BCUT2D eigenvalue weighted by Gasteiger charge is 2.29. The zero-order valence-electron chi connectivity index (χ0n) is 15.8. The third kappa shape index (κ3) is 3.72. The van der Waals surface area contributed by atoms with Gasteiger partial charge in [0, 0.05) is 18.5 Å². The Morgan fingerprint density at radius 1 is 1.00 bits per heavy atom. The smallest absolute Gasteiger partial charge is 0.407 e. The maximum Gasteiger partial charge on any atom is 0.407 e. The summed E-state index contributed by atoms with van der Waals surface area (Å²) in [5.74, 6) is 0.881. The second kappa shape index (κ2) is 7.77. The summed E-state index contributed by atoms with van der Waals surface area (Å²) in [6, 6.07) is 24.1. The Bertz CT molecular complexity index is 984. The van der Waals surface area contributed by atoms with Gasteiger partial charge in [0.15, 0.2) is 0 Å². The first-order valence-electron chi connectivity index (χ1n) is 9.48. The van der Waals surface area contributed by atoms with Crippen molar-refractivity contribution in [3.05, 3.63) is 89.5 Å². The summed E-state index contributed by atoms with van der Waals surface area (Å²) < 4.78 is 6.26. The Hall–Kier alpha value is -3.27. The average molecular weight is 373 g/mol. The highest BCUT2D eigenvalue weighted by atomic mass is 16.5. The number of carbonyl (C=O) groups is 1. The molecule has 1 amide bonds. The van der Waals surface area contributed by atoms with E-state index in [2.05, 4.69) is 31.2 Å². The van der Waals surface area contributed by atoms with Gasteiger partial charge in [-0.05, 0) is 29.2 Å². The molecular formula is C24H23NO3. The van der Waals surface area contributed by atoms with Gasteiger partial charge in [0.05, 0.1) is 6.54 Å². The Balaban J connectivity index is 1.54. The van der Waals surface area contributed by atoms with Crippen LogP contribution in [0.4, 0.5) is 4.79 Å². The van der Waals surface area contributed by atoms with Crippen LogP contribution in [0.25, 0.3) is 11.1 Å². The van der Waals surface area contributed by atoms with Crippen LogP contribution in [0, 0.1) is 6.92 Å². The van der Waals surface area contributed by atoms with Crippen molar-refractivity contribution in [2.24, 2.45) is 0 Å². The van der Waals surface area contributed by atoms with Crippen LogP contribution in [0.3, 0.4) is 0 Å². The average Bonchev–Trinajstić information content (AvgIpc) is 3.11. The molecule has 1 N–H and O–H groups in total. The lowest BCUT2D eigenvalue weighted by Crippen LogP contribution is -2.37. The van der Waals surface area contributed by atoms with E-state index >= 15 is 0 Å². The van der Waals surface area contributed by atoms with Crippen LogP contribution in [0.2, 0.25) is 0 Å². The molecule has 0 aliphatic carbocycles. The van der Waals surface area contributed by atoms with E-state index in [1.165, 1.54) is 10.5 Å². The lowest BCUT2D eigenvalue weighted by molar-refractivity contribution is 0.113. The second-order valence-electron chi connectivity index (χ2n) is 7.20. The number of hydrogen-bond acceptors (Lipinski definition) is 2. The van der Waals surface area contributed by atoms with Gasteiger partial charge in [0.1, 0.15) is 11.9 Å². The Kier molecular flexibility index (Phi) is 5.02. The fraction of sp³-hybridized carbons (Fsp3) is 0.208. The minimum absolute atomic E-state index is 0.181. The van der Waals surface area contributed by atoms with Gasteiger partial charge < -0.3 is 14.7 Å². The minimum Gasteiger partial charge on any atom is -0.487 e. The number of rotatable bonds is 5. The number of benzene rings is 3. The van der Waals surface area contributed by atoms with Crippen LogP contribution < -0.4 is 4.74 Å². The number of amides is 1. The SMILES string of the molecule is Cc1ccccc1-c1cccc2c1OC(CN(Cc1ccccc1)C(=O)O)C2. The maximum atomic E-state index is 11.8. The first kappa shape index (κ1) is 18.1. The van der Waals surface area contributed by atoms with Crippen molar-refractivity contribution in [2.45, 2.75) is 26.0 Å². The van der Waals surface area contributed by atoms with Crippen molar-refractivity contribution in [1.82, 2.24) is 4.90 Å². The fourth-order valence-corrected chi connectivity index (χ4v) is 3.79. The molecule has 1 unspecified atom stereocenters. The normalized spacial score (nSPS) is 15.0. The van der Waals surface area contributed by atoms with Crippen molar-refractivity contribution in [1.29, 1.82) is 0 Å². The van der Waals surface area contributed by atoms with E-state index in [0.717, 1.165) is 28.0 Å². The third-order valence-corrected chi connectivity index (χ3v) is 5.17. The number of aryl methyl sites for hydroxylation is 1. The van der Waals surface area contributed by atoms with E-state index in [0.29, 0.717) is 19.5 Å². The van der Waals surface area contributed by atoms with E-state index in [4.69, 9.17) is 4.74 Å². The Morgan fingerprint density at radius 2 is 1.71 bits per heavy atom.